The van der Waals surface area contributed by atoms with Gasteiger partial charge in [-0.15, -0.1) is 0 Å². The van der Waals surface area contributed by atoms with Crippen molar-refractivity contribution < 1.29 is 27.8 Å². The van der Waals surface area contributed by atoms with E-state index in [0.29, 0.717) is 19.6 Å². The van der Waals surface area contributed by atoms with Crippen LogP contribution in [0.1, 0.15) is 37.5 Å². The Kier molecular flexibility index (Phi) is 7.31. The van der Waals surface area contributed by atoms with Crippen molar-refractivity contribution in [1.82, 2.24) is 14.9 Å². The molecule has 0 radical (unpaired) electrons. The Labute approximate surface area is 207 Å². The molecule has 1 aromatic heterocycles. The molecule has 0 bridgehead atoms. The monoisotopic (exact) mass is 499 g/mol. The summed E-state index contributed by atoms with van der Waals surface area (Å²) in [6.45, 7) is 7.11. The molecular weight excluding hydrogens is 471 g/mol. The molecule has 1 aliphatic rings. The number of alkyl halides is 3. The van der Waals surface area contributed by atoms with Gasteiger partial charge in [-0.2, -0.15) is 13.2 Å². The summed E-state index contributed by atoms with van der Waals surface area (Å²) in [4.78, 5) is 21.9. The van der Waals surface area contributed by atoms with Crippen LogP contribution in [0.3, 0.4) is 0 Å². The van der Waals surface area contributed by atoms with Gasteiger partial charge in [0, 0.05) is 43.2 Å². The summed E-state index contributed by atoms with van der Waals surface area (Å²) in [5.41, 5.74) is 3.33. The highest BCUT2D eigenvalue weighted by atomic mass is 19.4. The highest BCUT2D eigenvalue weighted by molar-refractivity contribution is 5.72. The number of carbonyl (C=O) groups is 1. The fourth-order valence-electron chi connectivity index (χ4n) is 4.43. The maximum atomic E-state index is 13.6. The zero-order chi connectivity index (χ0) is 26.0. The number of ether oxygens (including phenoxy) is 1. The summed E-state index contributed by atoms with van der Waals surface area (Å²) < 4.78 is 46.2. The minimum absolute atomic E-state index is 0.190. The third-order valence-corrected chi connectivity index (χ3v) is 6.20. The Balaban J connectivity index is 1.59. The number of rotatable bonds is 8. The molecule has 1 fully saturated rings. The molecular formula is C27H28F3N3O3. The van der Waals surface area contributed by atoms with Crippen molar-refractivity contribution in [3.8, 4) is 28.3 Å². The van der Waals surface area contributed by atoms with Gasteiger partial charge in [-0.25, -0.2) is 9.97 Å². The number of halogens is 3. The predicted octanol–water partition coefficient (Wildman–Crippen LogP) is 5.70. The smallest absolute Gasteiger partial charge is 0.419 e. The van der Waals surface area contributed by atoms with E-state index in [9.17, 15) is 18.0 Å². The molecule has 4 rings (SSSR count). The van der Waals surface area contributed by atoms with Gasteiger partial charge < -0.3 is 9.84 Å². The lowest BCUT2D eigenvalue weighted by Gasteiger charge is -2.37. The highest BCUT2D eigenvalue weighted by Gasteiger charge is 2.35. The van der Waals surface area contributed by atoms with E-state index in [1.54, 1.807) is 26.2 Å². The van der Waals surface area contributed by atoms with E-state index >= 15 is 0 Å². The summed E-state index contributed by atoms with van der Waals surface area (Å²) in [5.74, 6) is -1.12. The van der Waals surface area contributed by atoms with Crippen LogP contribution in [0.4, 0.5) is 13.2 Å². The molecule has 36 heavy (non-hydrogen) atoms. The van der Waals surface area contributed by atoms with Crippen LogP contribution in [-0.4, -0.2) is 45.1 Å². The number of hydrogen-bond acceptors (Lipinski definition) is 5. The fourth-order valence-corrected chi connectivity index (χ4v) is 4.43. The summed E-state index contributed by atoms with van der Waals surface area (Å²) in [5, 5.41) is 9.12. The van der Waals surface area contributed by atoms with Gasteiger partial charge in [0.2, 0.25) is 0 Å². The molecule has 190 valence electrons. The maximum Gasteiger partial charge on any atom is 0.419 e. The molecule has 6 nitrogen and oxygen atoms in total. The quantitative estimate of drug-likeness (QED) is 0.429. The zero-order valence-corrected chi connectivity index (χ0v) is 20.3. The van der Waals surface area contributed by atoms with Crippen molar-refractivity contribution in [2.75, 3.05) is 13.1 Å². The van der Waals surface area contributed by atoms with Crippen molar-refractivity contribution >= 4 is 5.97 Å². The SMILES string of the molecule is CCc1c(CN2CC(C(=O)O)C2)cccc1-c1cnc(-c2ccc(OC(C)C)c(C(F)(F)F)c2)nc1. The molecule has 2 aromatic carbocycles. The molecule has 0 atom stereocenters. The Hall–Kier alpha value is -3.46. The van der Waals surface area contributed by atoms with Crippen LogP contribution in [0.2, 0.25) is 0 Å². The fraction of sp³-hybridized carbons (Fsp3) is 0.370. The van der Waals surface area contributed by atoms with Crippen molar-refractivity contribution in [2.45, 2.75) is 46.0 Å². The van der Waals surface area contributed by atoms with Gasteiger partial charge in [-0.05, 0) is 55.2 Å². The first-order chi connectivity index (χ1) is 17.1. The minimum atomic E-state index is -4.57. The van der Waals surface area contributed by atoms with E-state index in [4.69, 9.17) is 9.84 Å². The lowest BCUT2D eigenvalue weighted by atomic mass is 9.93. The van der Waals surface area contributed by atoms with Crippen molar-refractivity contribution in [1.29, 1.82) is 0 Å². The molecule has 1 saturated heterocycles. The lowest BCUT2D eigenvalue weighted by molar-refractivity contribution is -0.147. The molecule has 0 amide bonds. The molecule has 9 heteroatoms. The average molecular weight is 500 g/mol. The molecule has 0 saturated carbocycles. The number of aliphatic carboxylic acids is 1. The zero-order valence-electron chi connectivity index (χ0n) is 20.3. The molecule has 2 heterocycles. The van der Waals surface area contributed by atoms with Crippen molar-refractivity contribution in [3.63, 3.8) is 0 Å². The Morgan fingerprint density at radius 2 is 1.83 bits per heavy atom. The van der Waals surface area contributed by atoms with Crippen molar-refractivity contribution in [3.05, 3.63) is 65.5 Å². The number of hydrogen-bond donors (Lipinski definition) is 1. The Bertz CT molecular complexity index is 1240. The van der Waals surface area contributed by atoms with Gasteiger partial charge in [0.25, 0.3) is 0 Å². The van der Waals surface area contributed by atoms with Crippen molar-refractivity contribution in [2.24, 2.45) is 5.92 Å². The Morgan fingerprint density at radius 1 is 1.14 bits per heavy atom. The van der Waals surface area contributed by atoms with Crippen LogP contribution in [0.15, 0.2) is 48.8 Å². The topological polar surface area (TPSA) is 75.6 Å². The second kappa shape index (κ2) is 10.3. The maximum absolute atomic E-state index is 13.6. The first-order valence-electron chi connectivity index (χ1n) is 11.8. The van der Waals surface area contributed by atoms with Gasteiger partial charge in [0.15, 0.2) is 5.82 Å². The lowest BCUT2D eigenvalue weighted by Crippen LogP contribution is -2.49. The first-order valence-corrected chi connectivity index (χ1v) is 11.8. The standard InChI is InChI=1S/C27H28F3N3O3/c1-4-21-18(13-33-14-20(15-33)26(34)35)6-5-7-22(21)19-11-31-25(32-12-19)17-8-9-24(36-16(2)3)23(10-17)27(28,29)30/h5-12,16,20H,4,13-15H2,1-3H3,(H,34,35). The molecule has 1 aliphatic heterocycles. The van der Waals surface area contributed by atoms with Crippen LogP contribution in [-0.2, 0) is 23.9 Å². The third-order valence-electron chi connectivity index (χ3n) is 6.20. The first kappa shape index (κ1) is 25.6. The van der Waals surface area contributed by atoms with E-state index in [1.807, 2.05) is 25.1 Å². The molecule has 3 aromatic rings. The van der Waals surface area contributed by atoms with Crippen LogP contribution < -0.4 is 4.74 Å². The Morgan fingerprint density at radius 3 is 2.42 bits per heavy atom. The van der Waals surface area contributed by atoms with E-state index in [2.05, 4.69) is 14.9 Å². The second-order valence-electron chi connectivity index (χ2n) is 9.20. The molecule has 0 spiro atoms. The number of nitrogens with zero attached hydrogens (tertiary/aromatic N) is 3. The number of benzene rings is 2. The van der Waals surface area contributed by atoms with Gasteiger partial charge in [0.1, 0.15) is 5.75 Å². The second-order valence-corrected chi connectivity index (χ2v) is 9.20. The van der Waals surface area contributed by atoms with Gasteiger partial charge in [0.05, 0.1) is 17.6 Å². The number of carboxylic acids is 1. The van der Waals surface area contributed by atoms with Gasteiger partial charge in [-0.3, -0.25) is 9.69 Å². The van der Waals surface area contributed by atoms with Gasteiger partial charge >= 0.3 is 12.1 Å². The van der Waals surface area contributed by atoms with Crippen LogP contribution in [0, 0.1) is 5.92 Å². The third kappa shape index (κ3) is 5.51. The minimum Gasteiger partial charge on any atom is -0.490 e. The number of likely N-dealkylation sites (tertiary alicyclic amines) is 1. The average Bonchev–Trinajstić information content (AvgIpc) is 2.80. The largest absolute Gasteiger partial charge is 0.490 e. The highest BCUT2D eigenvalue weighted by Crippen LogP contribution is 2.39. The normalized spacial score (nSPS) is 14.6. The molecule has 1 N–H and O–H groups in total. The van der Waals surface area contributed by atoms with Crippen LogP contribution in [0.25, 0.3) is 22.5 Å². The van der Waals surface area contributed by atoms with E-state index < -0.39 is 23.8 Å². The predicted molar refractivity (Wildman–Crippen MR) is 129 cm³/mol. The van der Waals surface area contributed by atoms with Crippen LogP contribution >= 0.6 is 0 Å². The summed E-state index contributed by atoms with van der Waals surface area (Å²) in [6.07, 6.45) is -0.962. The summed E-state index contributed by atoms with van der Waals surface area (Å²) in [6, 6.07) is 9.79. The number of carboxylic acid groups (broad SMARTS) is 1. The van der Waals surface area contributed by atoms with E-state index in [0.717, 1.165) is 34.7 Å². The van der Waals surface area contributed by atoms with E-state index in [1.165, 1.54) is 12.1 Å². The van der Waals surface area contributed by atoms with E-state index in [-0.39, 0.29) is 23.1 Å². The number of aromatic nitrogens is 2. The van der Waals surface area contributed by atoms with Crippen LogP contribution in [0.5, 0.6) is 5.75 Å². The molecule has 0 aliphatic carbocycles. The molecule has 0 unspecified atom stereocenters. The summed E-state index contributed by atoms with van der Waals surface area (Å²) >= 11 is 0. The summed E-state index contributed by atoms with van der Waals surface area (Å²) in [7, 11) is 0. The van der Waals surface area contributed by atoms with Gasteiger partial charge in [-0.1, -0.05) is 25.1 Å².